The average molecular weight is 528 g/mol. The Kier molecular flexibility index (Phi) is 9.42. The molecule has 38 heavy (non-hydrogen) atoms. The summed E-state index contributed by atoms with van der Waals surface area (Å²) in [4.78, 5) is 54.2. The van der Waals surface area contributed by atoms with Gasteiger partial charge in [-0.15, -0.1) is 0 Å². The molecule has 0 saturated carbocycles. The number of nitrogens with zero attached hydrogens (tertiary/aromatic N) is 1. The van der Waals surface area contributed by atoms with Gasteiger partial charge in [-0.05, 0) is 36.6 Å². The number of benzene rings is 2. The molecule has 0 aliphatic heterocycles. The van der Waals surface area contributed by atoms with Crippen molar-refractivity contribution in [3.8, 4) is 5.75 Å². The van der Waals surface area contributed by atoms with Gasteiger partial charge < -0.3 is 20.5 Å². The Labute approximate surface area is 217 Å². The monoisotopic (exact) mass is 527 g/mol. The lowest BCUT2D eigenvalue weighted by atomic mass is 10.0. The Morgan fingerprint density at radius 3 is 2.29 bits per heavy atom. The number of ether oxygens (including phenoxy) is 1. The number of hydrogen-bond acceptors (Lipinski definition) is 6. The van der Waals surface area contributed by atoms with Gasteiger partial charge >= 0.3 is 5.97 Å². The molecule has 9 nitrogen and oxygen atoms in total. The Balaban J connectivity index is 1.72. The molecule has 0 spiro atoms. The van der Waals surface area contributed by atoms with E-state index in [2.05, 4.69) is 15.6 Å². The molecule has 3 aromatic rings. The predicted octanol–water partition coefficient (Wildman–Crippen LogP) is 3.27. The van der Waals surface area contributed by atoms with Crippen molar-refractivity contribution in [3.63, 3.8) is 0 Å². The Morgan fingerprint density at radius 2 is 1.63 bits per heavy atom. The van der Waals surface area contributed by atoms with Crippen LogP contribution >= 0.6 is 0 Å². The van der Waals surface area contributed by atoms with E-state index in [1.807, 2.05) is 12.1 Å². The predicted molar refractivity (Wildman–Crippen MR) is 133 cm³/mol. The summed E-state index contributed by atoms with van der Waals surface area (Å²) in [6.07, 6.45) is -0.765. The van der Waals surface area contributed by atoms with E-state index in [1.165, 1.54) is 6.07 Å². The molecule has 1 aromatic heterocycles. The zero-order chi connectivity index (χ0) is 27.8. The molecule has 0 saturated heterocycles. The summed E-state index contributed by atoms with van der Waals surface area (Å²) in [7, 11) is 0. The van der Waals surface area contributed by atoms with E-state index >= 15 is 0 Å². The third-order valence-electron chi connectivity index (χ3n) is 5.70. The van der Waals surface area contributed by atoms with Crippen LogP contribution in [-0.4, -0.2) is 52.3 Å². The standard InChI is InChI=1S/C27H27F2N3O6/c1-15(2)24(32-26(36)21-11-10-16-6-3-4-9-19(16)30-21)27(37)31-20(12-13-23(34)35)22(33)14-38-25-17(28)7-5-8-18(25)29/h3-11,15,20,24H,12-14H2,1-2H3,(H,31,37)(H,32,36)(H,34,35)/t20?,24-/m0/s1. The van der Waals surface area contributed by atoms with E-state index in [1.54, 1.807) is 32.0 Å². The van der Waals surface area contributed by atoms with Crippen molar-refractivity contribution in [2.45, 2.75) is 38.8 Å². The van der Waals surface area contributed by atoms with Crippen molar-refractivity contribution in [3.05, 3.63) is 71.9 Å². The van der Waals surface area contributed by atoms with Crippen LogP contribution in [0.2, 0.25) is 0 Å². The van der Waals surface area contributed by atoms with Crippen molar-refractivity contribution in [2.24, 2.45) is 5.92 Å². The normalized spacial score (nSPS) is 12.6. The molecule has 200 valence electrons. The molecule has 1 unspecified atom stereocenters. The molecule has 0 fully saturated rings. The minimum Gasteiger partial charge on any atom is -0.481 e. The largest absolute Gasteiger partial charge is 0.481 e. The summed E-state index contributed by atoms with van der Waals surface area (Å²) in [6, 6.07) is 11.0. The molecule has 0 aliphatic rings. The van der Waals surface area contributed by atoms with Gasteiger partial charge in [-0.1, -0.05) is 44.2 Å². The molecule has 0 radical (unpaired) electrons. The first-order valence-corrected chi connectivity index (χ1v) is 11.8. The average Bonchev–Trinajstić information content (AvgIpc) is 2.88. The summed E-state index contributed by atoms with van der Waals surface area (Å²) in [5.41, 5.74) is 0.678. The summed E-state index contributed by atoms with van der Waals surface area (Å²) < 4.78 is 32.7. The van der Waals surface area contributed by atoms with Crippen molar-refractivity contribution >= 4 is 34.5 Å². The maximum atomic E-state index is 13.8. The maximum Gasteiger partial charge on any atom is 0.303 e. The molecule has 1 heterocycles. The second-order valence-corrected chi connectivity index (χ2v) is 8.88. The Morgan fingerprint density at radius 1 is 0.947 bits per heavy atom. The molecule has 3 rings (SSSR count). The number of carboxylic acids is 1. The van der Waals surface area contributed by atoms with Crippen molar-refractivity contribution in [1.82, 2.24) is 15.6 Å². The lowest BCUT2D eigenvalue weighted by Gasteiger charge is -2.25. The second kappa shape index (κ2) is 12.7. The van der Waals surface area contributed by atoms with Gasteiger partial charge in [-0.3, -0.25) is 19.2 Å². The Hall–Kier alpha value is -4.41. The van der Waals surface area contributed by atoms with Crippen LogP contribution in [-0.2, 0) is 14.4 Å². The number of Topliss-reactive ketones (excluding diaryl/α,β-unsaturated/α-hetero) is 1. The van der Waals surface area contributed by atoms with Gasteiger partial charge in [0.2, 0.25) is 5.91 Å². The molecule has 0 bridgehead atoms. The van der Waals surface area contributed by atoms with Crippen LogP contribution in [0.3, 0.4) is 0 Å². The van der Waals surface area contributed by atoms with Crippen molar-refractivity contribution in [1.29, 1.82) is 0 Å². The fourth-order valence-electron chi connectivity index (χ4n) is 3.65. The summed E-state index contributed by atoms with van der Waals surface area (Å²) in [5, 5.41) is 14.9. The highest BCUT2D eigenvalue weighted by molar-refractivity contribution is 5.99. The number of carboxylic acid groups (broad SMARTS) is 1. The first-order valence-electron chi connectivity index (χ1n) is 11.8. The molecule has 11 heteroatoms. The number of halogens is 2. The molecule has 2 atom stereocenters. The first kappa shape index (κ1) is 28.2. The van der Waals surface area contributed by atoms with E-state index in [4.69, 9.17) is 9.84 Å². The summed E-state index contributed by atoms with van der Waals surface area (Å²) in [6.45, 7) is 2.54. The van der Waals surface area contributed by atoms with Gasteiger partial charge in [0.05, 0.1) is 11.6 Å². The molecule has 2 aromatic carbocycles. The van der Waals surface area contributed by atoms with Crippen LogP contribution in [0.1, 0.15) is 37.2 Å². The zero-order valence-electron chi connectivity index (χ0n) is 20.7. The fourth-order valence-corrected chi connectivity index (χ4v) is 3.65. The van der Waals surface area contributed by atoms with Gasteiger partial charge in [0.1, 0.15) is 18.3 Å². The second-order valence-electron chi connectivity index (χ2n) is 8.88. The van der Waals surface area contributed by atoms with E-state index in [0.717, 1.165) is 23.6 Å². The number of carbonyl (C=O) groups excluding carboxylic acids is 3. The van der Waals surface area contributed by atoms with E-state index < -0.39 is 72.0 Å². The van der Waals surface area contributed by atoms with Crippen LogP contribution in [0.5, 0.6) is 5.75 Å². The van der Waals surface area contributed by atoms with Gasteiger partial charge in [-0.25, -0.2) is 13.8 Å². The number of aliphatic carboxylic acids is 1. The van der Waals surface area contributed by atoms with Crippen molar-refractivity contribution in [2.75, 3.05) is 6.61 Å². The minimum atomic E-state index is -1.34. The number of nitrogens with one attached hydrogen (secondary N) is 2. The Bertz CT molecular complexity index is 1330. The van der Waals surface area contributed by atoms with Crippen molar-refractivity contribution < 1.29 is 37.8 Å². The van der Waals surface area contributed by atoms with Crippen LogP contribution in [0.4, 0.5) is 8.78 Å². The lowest BCUT2D eigenvalue weighted by molar-refractivity contribution is -0.138. The number of rotatable bonds is 12. The lowest BCUT2D eigenvalue weighted by Crippen LogP contribution is -2.54. The third kappa shape index (κ3) is 7.31. The summed E-state index contributed by atoms with van der Waals surface area (Å²) in [5.74, 6) is -6.59. The highest BCUT2D eigenvalue weighted by atomic mass is 19.1. The third-order valence-corrected chi connectivity index (χ3v) is 5.70. The topological polar surface area (TPSA) is 135 Å². The van der Waals surface area contributed by atoms with Crippen LogP contribution in [0.15, 0.2) is 54.6 Å². The number of hydrogen-bond donors (Lipinski definition) is 3. The molecule has 2 amide bonds. The molecular formula is C27H27F2N3O6. The smallest absolute Gasteiger partial charge is 0.303 e. The quantitative estimate of drug-likeness (QED) is 0.329. The molecule has 3 N–H and O–H groups in total. The number of pyridine rings is 1. The molecular weight excluding hydrogens is 500 g/mol. The molecule has 0 aliphatic carbocycles. The van der Waals surface area contributed by atoms with Crippen LogP contribution in [0, 0.1) is 17.6 Å². The number of aromatic nitrogens is 1. The zero-order valence-corrected chi connectivity index (χ0v) is 20.7. The SMILES string of the molecule is CC(C)[C@H](NC(=O)c1ccc2ccccc2n1)C(=O)NC(CCC(=O)O)C(=O)COc1c(F)cccc1F. The van der Waals surface area contributed by atoms with E-state index in [0.29, 0.717) is 5.52 Å². The number of para-hydroxylation sites is 2. The minimum absolute atomic E-state index is 0.0842. The number of ketones is 1. The van der Waals surface area contributed by atoms with Crippen LogP contribution in [0.25, 0.3) is 10.9 Å². The van der Waals surface area contributed by atoms with Gasteiger partial charge in [-0.2, -0.15) is 0 Å². The highest BCUT2D eigenvalue weighted by Crippen LogP contribution is 2.21. The maximum absolute atomic E-state index is 13.8. The number of fused-ring (bicyclic) bond motifs is 1. The fraction of sp³-hybridized carbons (Fsp3) is 0.296. The first-order chi connectivity index (χ1) is 18.1. The van der Waals surface area contributed by atoms with Gasteiger partial charge in [0.25, 0.3) is 5.91 Å². The van der Waals surface area contributed by atoms with E-state index in [9.17, 15) is 28.0 Å². The highest BCUT2D eigenvalue weighted by Gasteiger charge is 2.30. The van der Waals surface area contributed by atoms with Crippen LogP contribution < -0.4 is 15.4 Å². The van der Waals surface area contributed by atoms with Gasteiger partial charge in [0.15, 0.2) is 23.2 Å². The van der Waals surface area contributed by atoms with E-state index in [-0.39, 0.29) is 12.1 Å². The van der Waals surface area contributed by atoms with Gasteiger partial charge in [0, 0.05) is 11.8 Å². The summed E-state index contributed by atoms with van der Waals surface area (Å²) >= 11 is 0. The number of amides is 2. The number of carbonyl (C=O) groups is 4.